The largest absolute Gasteiger partial charge is 0.477 e. The molecule has 0 aliphatic carbocycles. The molecule has 1 spiro atoms. The molecule has 3 aliphatic heterocycles. The number of ether oxygens (including phenoxy) is 1. The topological polar surface area (TPSA) is 82.0 Å². The summed E-state index contributed by atoms with van der Waals surface area (Å²) in [5.74, 6) is 0.137. The van der Waals surface area contributed by atoms with Crippen LogP contribution in [-0.2, 0) is 11.6 Å². The Hall–Kier alpha value is -3.41. The number of anilines is 1. The lowest BCUT2D eigenvalue weighted by Crippen LogP contribution is -2.67. The van der Waals surface area contributed by atoms with Crippen LogP contribution >= 0.6 is 11.6 Å². The van der Waals surface area contributed by atoms with Crippen LogP contribution in [0.25, 0.3) is 11.3 Å². The fourth-order valence-electron chi connectivity index (χ4n) is 6.91. The van der Waals surface area contributed by atoms with Gasteiger partial charge in [-0.2, -0.15) is 13.2 Å². The standard InChI is InChI=1S/C31H33ClF3N5O3/c1-3-43-27-20(6-5-13-36-27)23-10-9-21-26(37-23)28(41)40(19-30(42)17-38(2)18-30)16-29(21)11-14-39(15-12-29)24-8-4-7-22(32)25(24)31(33,34)35/h4-10,13,42H,3,11-12,14-19H2,1-2H3. The Balaban J connectivity index is 1.37. The molecule has 0 saturated carbocycles. The van der Waals surface area contributed by atoms with Gasteiger partial charge in [-0.1, -0.05) is 23.7 Å². The predicted octanol–water partition coefficient (Wildman–Crippen LogP) is 4.89. The first-order valence-electron chi connectivity index (χ1n) is 14.3. The average molecular weight is 616 g/mol. The van der Waals surface area contributed by atoms with Crippen molar-refractivity contribution in [3.05, 3.63) is 70.5 Å². The van der Waals surface area contributed by atoms with Crippen molar-refractivity contribution < 1.29 is 27.8 Å². The van der Waals surface area contributed by atoms with Crippen molar-refractivity contribution in [2.75, 3.05) is 57.8 Å². The van der Waals surface area contributed by atoms with Crippen LogP contribution in [0, 0.1) is 0 Å². The van der Waals surface area contributed by atoms with E-state index < -0.39 is 22.8 Å². The first kappa shape index (κ1) is 29.7. The minimum absolute atomic E-state index is 0.0548. The van der Waals surface area contributed by atoms with E-state index in [4.69, 9.17) is 21.3 Å². The zero-order valence-electron chi connectivity index (χ0n) is 24.0. The van der Waals surface area contributed by atoms with Crippen molar-refractivity contribution in [1.29, 1.82) is 0 Å². The number of alkyl halides is 3. The van der Waals surface area contributed by atoms with Crippen LogP contribution in [0.2, 0.25) is 5.02 Å². The molecule has 228 valence electrons. The summed E-state index contributed by atoms with van der Waals surface area (Å²) in [7, 11) is 1.90. The van der Waals surface area contributed by atoms with Crippen LogP contribution in [-0.4, -0.2) is 89.3 Å². The predicted molar refractivity (Wildman–Crippen MR) is 157 cm³/mol. The number of fused-ring (bicyclic) bond motifs is 2. The van der Waals surface area contributed by atoms with Crippen LogP contribution in [0.4, 0.5) is 18.9 Å². The zero-order valence-corrected chi connectivity index (χ0v) is 24.8. The van der Waals surface area contributed by atoms with Gasteiger partial charge >= 0.3 is 6.18 Å². The van der Waals surface area contributed by atoms with Crippen molar-refractivity contribution in [3.63, 3.8) is 0 Å². The maximum Gasteiger partial charge on any atom is 0.419 e. The summed E-state index contributed by atoms with van der Waals surface area (Å²) in [5, 5.41) is 10.8. The highest BCUT2D eigenvalue weighted by atomic mass is 35.5. The summed E-state index contributed by atoms with van der Waals surface area (Å²) >= 11 is 6.03. The maximum atomic E-state index is 14.0. The van der Waals surface area contributed by atoms with Crippen LogP contribution in [0.3, 0.4) is 0 Å². The number of benzene rings is 1. The number of halogens is 4. The van der Waals surface area contributed by atoms with Crippen LogP contribution < -0.4 is 9.64 Å². The molecule has 5 heterocycles. The second-order valence-electron chi connectivity index (χ2n) is 11.8. The van der Waals surface area contributed by atoms with E-state index in [1.165, 1.54) is 18.2 Å². The van der Waals surface area contributed by atoms with Crippen LogP contribution in [0.5, 0.6) is 5.88 Å². The smallest absolute Gasteiger partial charge is 0.419 e. The van der Waals surface area contributed by atoms with Crippen LogP contribution in [0.15, 0.2) is 48.7 Å². The van der Waals surface area contributed by atoms with E-state index >= 15 is 0 Å². The number of hydrogen-bond acceptors (Lipinski definition) is 7. The molecule has 1 aromatic carbocycles. The molecule has 0 unspecified atom stereocenters. The molecule has 1 N–H and O–H groups in total. The van der Waals surface area contributed by atoms with E-state index in [0.717, 1.165) is 5.56 Å². The Labute approximate surface area is 253 Å². The molecule has 3 aromatic rings. The van der Waals surface area contributed by atoms with E-state index in [2.05, 4.69) is 4.98 Å². The Bertz CT molecular complexity index is 1540. The summed E-state index contributed by atoms with van der Waals surface area (Å²) < 4.78 is 47.6. The molecule has 8 nitrogen and oxygen atoms in total. The minimum Gasteiger partial charge on any atom is -0.477 e. The molecule has 3 aliphatic rings. The first-order chi connectivity index (χ1) is 20.4. The number of piperidine rings is 1. The summed E-state index contributed by atoms with van der Waals surface area (Å²) in [6, 6.07) is 11.6. The van der Waals surface area contributed by atoms with E-state index in [0.29, 0.717) is 75.0 Å². The molecule has 12 heteroatoms. The quantitative estimate of drug-likeness (QED) is 0.423. The number of β-amino-alcohol motifs (C(OH)–C–C–N with tert-alkyl or cyclic N) is 1. The Morgan fingerprint density at radius 3 is 2.49 bits per heavy atom. The number of aliphatic hydroxyl groups is 1. The van der Waals surface area contributed by atoms with Gasteiger partial charge in [0.05, 0.1) is 40.7 Å². The third-order valence-electron chi connectivity index (χ3n) is 8.73. The number of amides is 1. The summed E-state index contributed by atoms with van der Waals surface area (Å²) in [5.41, 5.74) is -0.106. The van der Waals surface area contributed by atoms with Gasteiger partial charge in [0, 0.05) is 44.3 Å². The van der Waals surface area contributed by atoms with Gasteiger partial charge in [0.25, 0.3) is 5.91 Å². The molecule has 2 fully saturated rings. The minimum atomic E-state index is -4.60. The summed E-state index contributed by atoms with van der Waals surface area (Å²) in [6.45, 7) is 4.32. The Morgan fingerprint density at radius 2 is 1.81 bits per heavy atom. The molecular formula is C31H33ClF3N5O3. The highest BCUT2D eigenvalue weighted by molar-refractivity contribution is 6.31. The normalized spacial score (nSPS) is 19.7. The number of carbonyl (C=O) groups is 1. The van der Waals surface area contributed by atoms with Gasteiger partial charge in [0.2, 0.25) is 5.88 Å². The summed E-state index contributed by atoms with van der Waals surface area (Å²) in [4.78, 5) is 28.5. The van der Waals surface area contributed by atoms with Gasteiger partial charge in [0.15, 0.2) is 0 Å². The van der Waals surface area contributed by atoms with Crippen molar-refractivity contribution in [1.82, 2.24) is 19.8 Å². The maximum absolute atomic E-state index is 14.0. The Kier molecular flexibility index (Phi) is 7.55. The SMILES string of the molecule is CCOc1ncccc1-c1ccc2c(n1)C(=O)N(CC1(O)CN(C)C1)CC21CCN(c2cccc(Cl)c2C(F)(F)F)CC1. The van der Waals surface area contributed by atoms with Crippen molar-refractivity contribution in [2.45, 2.75) is 37.0 Å². The van der Waals surface area contributed by atoms with Gasteiger partial charge in [-0.25, -0.2) is 9.97 Å². The lowest BCUT2D eigenvalue weighted by Gasteiger charge is -2.52. The number of hydrogen-bond donors (Lipinski definition) is 1. The van der Waals surface area contributed by atoms with Gasteiger partial charge in [-0.05, 0) is 62.7 Å². The Morgan fingerprint density at radius 1 is 1.07 bits per heavy atom. The number of pyridine rings is 2. The molecule has 43 heavy (non-hydrogen) atoms. The number of nitrogens with zero attached hydrogens (tertiary/aromatic N) is 5. The first-order valence-corrected chi connectivity index (χ1v) is 14.7. The second-order valence-corrected chi connectivity index (χ2v) is 12.2. The fraction of sp³-hybridized carbons (Fsp3) is 0.452. The molecule has 6 rings (SSSR count). The number of carbonyl (C=O) groups excluding carboxylic acids is 1. The molecule has 0 radical (unpaired) electrons. The number of rotatable bonds is 6. The van der Waals surface area contributed by atoms with E-state index in [-0.39, 0.29) is 23.2 Å². The third-order valence-corrected chi connectivity index (χ3v) is 9.04. The zero-order chi connectivity index (χ0) is 30.6. The lowest BCUT2D eigenvalue weighted by atomic mass is 9.69. The number of likely N-dealkylation sites (tertiary alicyclic amines) is 1. The van der Waals surface area contributed by atoms with Gasteiger partial charge in [-0.15, -0.1) is 0 Å². The van der Waals surface area contributed by atoms with E-state index in [1.807, 2.05) is 37.1 Å². The molecule has 2 aromatic heterocycles. The lowest BCUT2D eigenvalue weighted by molar-refractivity contribution is -0.137. The molecule has 0 atom stereocenters. The third kappa shape index (κ3) is 5.42. The number of likely N-dealkylation sites (N-methyl/N-ethyl adjacent to an activating group) is 1. The molecule has 2 saturated heterocycles. The van der Waals surface area contributed by atoms with Gasteiger partial charge in [-0.3, -0.25) is 4.79 Å². The molecular weight excluding hydrogens is 583 g/mol. The highest BCUT2D eigenvalue weighted by Gasteiger charge is 2.50. The van der Waals surface area contributed by atoms with E-state index in [9.17, 15) is 23.1 Å². The van der Waals surface area contributed by atoms with Crippen molar-refractivity contribution in [2.24, 2.45) is 0 Å². The second kappa shape index (κ2) is 10.9. The molecule has 0 bridgehead atoms. The number of aromatic nitrogens is 2. The van der Waals surface area contributed by atoms with Crippen molar-refractivity contribution in [3.8, 4) is 17.1 Å². The van der Waals surface area contributed by atoms with Gasteiger partial charge in [0.1, 0.15) is 11.3 Å². The summed E-state index contributed by atoms with van der Waals surface area (Å²) in [6.07, 6.45) is -1.99. The van der Waals surface area contributed by atoms with E-state index in [1.54, 1.807) is 22.1 Å². The average Bonchev–Trinajstić information content (AvgIpc) is 2.95. The highest BCUT2D eigenvalue weighted by Crippen LogP contribution is 2.46. The van der Waals surface area contributed by atoms with Crippen LogP contribution in [0.1, 0.15) is 41.4 Å². The van der Waals surface area contributed by atoms with Crippen molar-refractivity contribution >= 4 is 23.2 Å². The fourth-order valence-corrected chi connectivity index (χ4v) is 7.19. The van der Waals surface area contributed by atoms with Gasteiger partial charge < -0.3 is 24.5 Å². The molecule has 1 amide bonds. The monoisotopic (exact) mass is 615 g/mol.